The Morgan fingerprint density at radius 1 is 1.39 bits per heavy atom. The second-order valence-electron chi connectivity index (χ2n) is 4.69. The molecule has 1 rings (SSSR count). The van der Waals surface area contributed by atoms with Crippen molar-refractivity contribution in [3.05, 3.63) is 28.8 Å². The van der Waals surface area contributed by atoms with Crippen LogP contribution in [0.15, 0.2) is 12.1 Å². The molecule has 0 bridgehead atoms. The van der Waals surface area contributed by atoms with Crippen LogP contribution in [-0.4, -0.2) is 26.5 Å². The fraction of sp³-hybridized carbons (Fsp3) is 0.533. The molecule has 1 N–H and O–H groups in total. The van der Waals surface area contributed by atoms with Crippen molar-refractivity contribution < 1.29 is 9.53 Å². The molecule has 0 radical (unpaired) electrons. The Balaban J connectivity index is 3.18. The molecule has 3 heteroatoms. The minimum Gasteiger partial charge on any atom is -0.496 e. The Morgan fingerprint density at radius 3 is 2.56 bits per heavy atom. The number of ketones is 1. The van der Waals surface area contributed by atoms with Gasteiger partial charge in [0.2, 0.25) is 0 Å². The van der Waals surface area contributed by atoms with Gasteiger partial charge in [0.25, 0.3) is 0 Å². The number of Topliss-reactive ketones (excluding diaryl/α,β-unsaturated/α-hetero) is 1. The molecule has 0 saturated carbocycles. The largest absolute Gasteiger partial charge is 0.496 e. The van der Waals surface area contributed by atoms with Crippen LogP contribution in [0.2, 0.25) is 0 Å². The van der Waals surface area contributed by atoms with E-state index in [-0.39, 0.29) is 11.7 Å². The first kappa shape index (κ1) is 14.7. The van der Waals surface area contributed by atoms with Crippen LogP contribution in [0.5, 0.6) is 5.75 Å². The number of rotatable bonds is 6. The molecule has 100 valence electrons. The van der Waals surface area contributed by atoms with E-state index in [0.29, 0.717) is 12.3 Å². The summed E-state index contributed by atoms with van der Waals surface area (Å²) in [4.78, 5) is 12.6. The summed E-state index contributed by atoms with van der Waals surface area (Å²) in [5.41, 5.74) is 2.83. The third-order valence-corrected chi connectivity index (χ3v) is 3.22. The molecule has 1 aromatic carbocycles. The zero-order chi connectivity index (χ0) is 13.7. The van der Waals surface area contributed by atoms with Gasteiger partial charge in [-0.3, -0.25) is 4.79 Å². The van der Waals surface area contributed by atoms with Gasteiger partial charge in [-0.15, -0.1) is 0 Å². The molecular weight excluding hydrogens is 226 g/mol. The Labute approximate surface area is 110 Å². The maximum Gasteiger partial charge on any atom is 0.171 e. The zero-order valence-corrected chi connectivity index (χ0v) is 12.0. The lowest BCUT2D eigenvalue weighted by molar-refractivity contribution is 0.0913. The summed E-state index contributed by atoms with van der Waals surface area (Å²) in [5, 5.41) is 3.08. The molecule has 18 heavy (non-hydrogen) atoms. The van der Waals surface area contributed by atoms with Crippen molar-refractivity contribution in [2.75, 3.05) is 20.7 Å². The van der Waals surface area contributed by atoms with Gasteiger partial charge in [0.1, 0.15) is 5.75 Å². The maximum absolute atomic E-state index is 12.6. The third-order valence-electron chi connectivity index (χ3n) is 3.22. The van der Waals surface area contributed by atoms with E-state index in [1.807, 2.05) is 40.0 Å². The fourth-order valence-corrected chi connectivity index (χ4v) is 2.28. The molecule has 3 nitrogen and oxygen atoms in total. The van der Waals surface area contributed by atoms with Gasteiger partial charge in [0.15, 0.2) is 5.78 Å². The fourth-order valence-electron chi connectivity index (χ4n) is 2.28. The second-order valence-corrected chi connectivity index (χ2v) is 4.69. The lowest BCUT2D eigenvalue weighted by Gasteiger charge is -2.17. The zero-order valence-electron chi connectivity index (χ0n) is 12.0. The van der Waals surface area contributed by atoms with Crippen molar-refractivity contribution in [2.24, 2.45) is 5.92 Å². The summed E-state index contributed by atoms with van der Waals surface area (Å²) in [5.74, 6) is 0.860. The predicted molar refractivity (Wildman–Crippen MR) is 74.5 cm³/mol. The van der Waals surface area contributed by atoms with Crippen LogP contribution in [0, 0.1) is 19.8 Å². The van der Waals surface area contributed by atoms with E-state index in [4.69, 9.17) is 4.74 Å². The number of carbonyl (C=O) groups is 1. The molecule has 1 aromatic rings. The van der Waals surface area contributed by atoms with Gasteiger partial charge in [-0.25, -0.2) is 0 Å². The van der Waals surface area contributed by atoms with Crippen LogP contribution >= 0.6 is 0 Å². The van der Waals surface area contributed by atoms with Crippen molar-refractivity contribution in [2.45, 2.75) is 27.2 Å². The lowest BCUT2D eigenvalue weighted by atomic mass is 9.91. The summed E-state index contributed by atoms with van der Waals surface area (Å²) >= 11 is 0. The number of carbonyl (C=O) groups excluding carboxylic acids is 1. The molecule has 0 aliphatic carbocycles. The monoisotopic (exact) mass is 249 g/mol. The molecule has 0 spiro atoms. The van der Waals surface area contributed by atoms with Gasteiger partial charge in [0.05, 0.1) is 12.7 Å². The standard InChI is InChI=1S/C15H23NO2/c1-6-12(9-16-4)15(17)14-11(3)7-10(2)8-13(14)18-5/h7-8,12,16H,6,9H2,1-5H3. The van der Waals surface area contributed by atoms with Gasteiger partial charge in [-0.05, 0) is 44.5 Å². The Bertz CT molecular complexity index is 427. The molecule has 0 aliphatic rings. The number of hydrogen-bond acceptors (Lipinski definition) is 3. The highest BCUT2D eigenvalue weighted by Crippen LogP contribution is 2.27. The minimum absolute atomic E-state index is 0.00491. The quantitative estimate of drug-likeness (QED) is 0.788. The van der Waals surface area contributed by atoms with Crippen LogP contribution in [0.3, 0.4) is 0 Å². The van der Waals surface area contributed by atoms with Gasteiger partial charge < -0.3 is 10.1 Å². The average Bonchev–Trinajstić information content (AvgIpc) is 2.34. The number of benzene rings is 1. The average molecular weight is 249 g/mol. The van der Waals surface area contributed by atoms with E-state index >= 15 is 0 Å². The van der Waals surface area contributed by atoms with E-state index in [0.717, 1.165) is 23.1 Å². The van der Waals surface area contributed by atoms with Crippen molar-refractivity contribution in [1.82, 2.24) is 5.32 Å². The first-order valence-electron chi connectivity index (χ1n) is 6.39. The molecule has 0 amide bonds. The van der Waals surface area contributed by atoms with Crippen molar-refractivity contribution in [3.8, 4) is 5.75 Å². The highest BCUT2D eigenvalue weighted by molar-refractivity contribution is 6.01. The molecular formula is C15H23NO2. The van der Waals surface area contributed by atoms with Gasteiger partial charge in [0, 0.05) is 12.5 Å². The molecule has 0 aromatic heterocycles. The molecule has 1 atom stereocenters. The maximum atomic E-state index is 12.6. The molecule has 1 unspecified atom stereocenters. The summed E-state index contributed by atoms with van der Waals surface area (Å²) < 4.78 is 5.36. The van der Waals surface area contributed by atoms with Crippen LogP contribution < -0.4 is 10.1 Å². The number of aryl methyl sites for hydroxylation is 2. The third kappa shape index (κ3) is 3.10. The highest BCUT2D eigenvalue weighted by atomic mass is 16.5. The van der Waals surface area contributed by atoms with Crippen LogP contribution in [0.4, 0.5) is 0 Å². The van der Waals surface area contributed by atoms with Gasteiger partial charge in [-0.2, -0.15) is 0 Å². The van der Waals surface area contributed by atoms with Crippen LogP contribution in [0.25, 0.3) is 0 Å². The predicted octanol–water partition coefficient (Wildman–Crippen LogP) is 2.74. The highest BCUT2D eigenvalue weighted by Gasteiger charge is 2.23. The van der Waals surface area contributed by atoms with E-state index in [1.54, 1.807) is 7.11 Å². The summed E-state index contributed by atoms with van der Waals surface area (Å²) in [7, 11) is 3.49. The lowest BCUT2D eigenvalue weighted by Crippen LogP contribution is -2.26. The normalized spacial score (nSPS) is 12.3. The Kier molecular flexibility index (Phi) is 5.35. The summed E-state index contributed by atoms with van der Waals surface area (Å²) in [6, 6.07) is 3.95. The van der Waals surface area contributed by atoms with Crippen molar-refractivity contribution in [1.29, 1.82) is 0 Å². The van der Waals surface area contributed by atoms with E-state index in [9.17, 15) is 4.79 Å². The molecule has 0 saturated heterocycles. The van der Waals surface area contributed by atoms with Crippen molar-refractivity contribution >= 4 is 5.78 Å². The summed E-state index contributed by atoms with van der Waals surface area (Å²) in [6.45, 7) is 6.71. The Hall–Kier alpha value is -1.35. The van der Waals surface area contributed by atoms with E-state index in [1.165, 1.54) is 0 Å². The van der Waals surface area contributed by atoms with E-state index in [2.05, 4.69) is 5.32 Å². The molecule has 0 aliphatic heterocycles. The number of methoxy groups -OCH3 is 1. The second kappa shape index (κ2) is 6.55. The Morgan fingerprint density at radius 2 is 2.06 bits per heavy atom. The van der Waals surface area contributed by atoms with Crippen LogP contribution in [-0.2, 0) is 0 Å². The summed E-state index contributed by atoms with van der Waals surface area (Å²) in [6.07, 6.45) is 0.830. The van der Waals surface area contributed by atoms with Gasteiger partial charge >= 0.3 is 0 Å². The topological polar surface area (TPSA) is 38.3 Å². The van der Waals surface area contributed by atoms with Gasteiger partial charge in [-0.1, -0.05) is 13.0 Å². The van der Waals surface area contributed by atoms with E-state index < -0.39 is 0 Å². The number of hydrogen-bond donors (Lipinski definition) is 1. The smallest absolute Gasteiger partial charge is 0.171 e. The van der Waals surface area contributed by atoms with Crippen molar-refractivity contribution in [3.63, 3.8) is 0 Å². The molecule has 0 heterocycles. The number of nitrogens with one attached hydrogen (secondary N) is 1. The SMILES string of the molecule is CCC(CNC)C(=O)c1c(C)cc(C)cc1OC. The first-order chi connectivity index (χ1) is 8.54. The van der Waals surface area contributed by atoms with Crippen LogP contribution in [0.1, 0.15) is 34.8 Å². The first-order valence-corrected chi connectivity index (χ1v) is 6.39. The minimum atomic E-state index is 0.00491. The number of ether oxygens (including phenoxy) is 1. The molecule has 0 fully saturated rings.